The maximum Gasteiger partial charge on any atom is 0.248 e. The van der Waals surface area contributed by atoms with Crippen LogP contribution < -0.4 is 16.8 Å². The van der Waals surface area contributed by atoms with Crippen LogP contribution in [-0.2, 0) is 11.3 Å². The number of aromatic nitrogens is 1. The molecule has 6 heteroatoms. The maximum absolute atomic E-state index is 12.1. The summed E-state index contributed by atoms with van der Waals surface area (Å²) < 4.78 is 0. The van der Waals surface area contributed by atoms with E-state index < -0.39 is 0 Å². The number of hydrogen-bond donors (Lipinski definition) is 3. The molecule has 0 atom stereocenters. The van der Waals surface area contributed by atoms with Gasteiger partial charge in [0.05, 0.1) is 0 Å². The molecule has 25 heavy (non-hydrogen) atoms. The zero-order valence-electron chi connectivity index (χ0n) is 14.0. The van der Waals surface area contributed by atoms with E-state index in [9.17, 15) is 4.79 Å². The summed E-state index contributed by atoms with van der Waals surface area (Å²) in [4.78, 5) is 20.2. The molecule has 1 aromatic carbocycles. The number of aliphatic imine (C=N–C) groups is 1. The third kappa shape index (κ3) is 5.12. The number of rotatable bonds is 6. The van der Waals surface area contributed by atoms with Gasteiger partial charge in [0.2, 0.25) is 5.91 Å². The van der Waals surface area contributed by atoms with Gasteiger partial charge in [-0.15, -0.1) is 0 Å². The Bertz CT molecular complexity index is 807. The van der Waals surface area contributed by atoms with Crippen LogP contribution in [0.5, 0.6) is 0 Å². The van der Waals surface area contributed by atoms with Crippen LogP contribution in [0, 0.1) is 0 Å². The van der Waals surface area contributed by atoms with Gasteiger partial charge in [0.25, 0.3) is 0 Å². The Morgan fingerprint density at radius 3 is 2.68 bits per heavy atom. The Morgan fingerprint density at radius 1 is 1.28 bits per heavy atom. The van der Waals surface area contributed by atoms with Gasteiger partial charge in [-0.3, -0.25) is 14.8 Å². The molecule has 1 aromatic heterocycles. The predicted molar refractivity (Wildman–Crippen MR) is 103 cm³/mol. The lowest BCUT2D eigenvalue weighted by atomic mass is 10.0. The van der Waals surface area contributed by atoms with Gasteiger partial charge in [-0.25, -0.2) is 0 Å². The van der Waals surface area contributed by atoms with E-state index in [0.717, 1.165) is 22.3 Å². The SMILES string of the molecule is CN=CC(=CN)c1ccncc1/C=C/C(=O)Nc1ccc(CN)cc1. The third-order valence-electron chi connectivity index (χ3n) is 3.48. The largest absolute Gasteiger partial charge is 0.404 e. The Labute approximate surface area is 147 Å². The molecule has 1 heterocycles. The van der Waals surface area contributed by atoms with Crippen LogP contribution in [0.4, 0.5) is 5.69 Å². The first-order valence-electron chi connectivity index (χ1n) is 7.74. The normalized spacial score (nSPS) is 12.0. The molecule has 0 aliphatic heterocycles. The second-order valence-corrected chi connectivity index (χ2v) is 5.20. The van der Waals surface area contributed by atoms with Gasteiger partial charge >= 0.3 is 0 Å². The standard InChI is InChI=1S/C19H21N5O/c1-22-12-16(11-21)18-8-9-23-13-15(18)4-7-19(25)24-17-5-2-14(10-20)3-6-17/h2-9,11-13H,10,20-21H2,1H3,(H,24,25)/b7-4+,16-11?,22-12?. The van der Waals surface area contributed by atoms with E-state index in [1.54, 1.807) is 31.7 Å². The van der Waals surface area contributed by atoms with E-state index in [-0.39, 0.29) is 5.91 Å². The van der Waals surface area contributed by atoms with Gasteiger partial charge in [0.15, 0.2) is 0 Å². The monoisotopic (exact) mass is 335 g/mol. The summed E-state index contributed by atoms with van der Waals surface area (Å²) in [5, 5.41) is 2.80. The minimum atomic E-state index is -0.238. The number of pyridine rings is 1. The van der Waals surface area contributed by atoms with Crippen LogP contribution >= 0.6 is 0 Å². The topological polar surface area (TPSA) is 106 Å². The number of nitrogens with one attached hydrogen (secondary N) is 1. The van der Waals surface area contributed by atoms with Crippen molar-refractivity contribution in [2.75, 3.05) is 12.4 Å². The van der Waals surface area contributed by atoms with Crippen molar-refractivity contribution in [3.8, 4) is 0 Å². The molecule has 1 amide bonds. The molecule has 0 aliphatic carbocycles. The fourth-order valence-electron chi connectivity index (χ4n) is 2.22. The Hall–Kier alpha value is -3.25. The van der Waals surface area contributed by atoms with Crippen LogP contribution in [0.25, 0.3) is 11.6 Å². The highest BCUT2D eigenvalue weighted by Crippen LogP contribution is 2.18. The first kappa shape index (κ1) is 18.1. The highest BCUT2D eigenvalue weighted by Gasteiger charge is 2.05. The molecule has 0 fully saturated rings. The molecule has 0 spiro atoms. The number of hydrogen-bond acceptors (Lipinski definition) is 5. The van der Waals surface area contributed by atoms with Gasteiger partial charge in [-0.1, -0.05) is 12.1 Å². The number of amides is 1. The molecule has 0 unspecified atom stereocenters. The van der Waals surface area contributed by atoms with Crippen molar-refractivity contribution in [2.24, 2.45) is 16.5 Å². The van der Waals surface area contributed by atoms with Gasteiger partial charge in [-0.2, -0.15) is 0 Å². The number of benzene rings is 1. The van der Waals surface area contributed by atoms with Gasteiger partial charge in [-0.05, 0) is 35.4 Å². The lowest BCUT2D eigenvalue weighted by Gasteiger charge is -2.06. The Kier molecular flexibility index (Phi) is 6.62. The molecule has 0 saturated carbocycles. The lowest BCUT2D eigenvalue weighted by Crippen LogP contribution is -2.08. The highest BCUT2D eigenvalue weighted by molar-refractivity contribution is 6.11. The summed E-state index contributed by atoms with van der Waals surface area (Å²) in [6, 6.07) is 9.21. The van der Waals surface area contributed by atoms with Crippen molar-refractivity contribution in [3.05, 3.63) is 71.7 Å². The first-order chi connectivity index (χ1) is 12.2. The van der Waals surface area contributed by atoms with Crippen molar-refractivity contribution in [2.45, 2.75) is 6.54 Å². The molecule has 0 bridgehead atoms. The smallest absolute Gasteiger partial charge is 0.248 e. The minimum absolute atomic E-state index is 0.238. The van der Waals surface area contributed by atoms with E-state index >= 15 is 0 Å². The summed E-state index contributed by atoms with van der Waals surface area (Å²) in [7, 11) is 1.67. The Balaban J connectivity index is 2.14. The van der Waals surface area contributed by atoms with Crippen LogP contribution in [0.2, 0.25) is 0 Å². The second-order valence-electron chi connectivity index (χ2n) is 5.20. The second kappa shape index (κ2) is 9.14. The summed E-state index contributed by atoms with van der Waals surface area (Å²) in [6.07, 6.45) is 9.61. The van der Waals surface area contributed by atoms with Crippen LogP contribution in [0.3, 0.4) is 0 Å². The van der Waals surface area contributed by atoms with E-state index in [0.29, 0.717) is 12.2 Å². The average molecular weight is 335 g/mol. The maximum atomic E-state index is 12.1. The quantitative estimate of drug-likeness (QED) is 0.555. The third-order valence-corrected chi connectivity index (χ3v) is 3.48. The molecule has 2 rings (SSSR count). The number of allylic oxidation sites excluding steroid dienone is 1. The molecule has 0 aliphatic rings. The van der Waals surface area contributed by atoms with Crippen molar-refractivity contribution >= 4 is 29.5 Å². The van der Waals surface area contributed by atoms with Crippen molar-refractivity contribution in [3.63, 3.8) is 0 Å². The number of nitrogens with zero attached hydrogens (tertiary/aromatic N) is 2. The van der Waals surface area contributed by atoms with E-state index in [1.165, 1.54) is 12.3 Å². The number of anilines is 1. The molecule has 128 valence electrons. The van der Waals surface area contributed by atoms with Gasteiger partial charge in [0.1, 0.15) is 0 Å². The molecule has 0 saturated heterocycles. The average Bonchev–Trinajstić information content (AvgIpc) is 2.65. The van der Waals surface area contributed by atoms with E-state index in [2.05, 4.69) is 15.3 Å². The highest BCUT2D eigenvalue weighted by atomic mass is 16.1. The Morgan fingerprint density at radius 2 is 2.04 bits per heavy atom. The van der Waals surface area contributed by atoms with Crippen LogP contribution in [0.1, 0.15) is 16.7 Å². The van der Waals surface area contributed by atoms with E-state index in [4.69, 9.17) is 11.5 Å². The van der Waals surface area contributed by atoms with Crippen molar-refractivity contribution in [1.82, 2.24) is 4.98 Å². The molecular weight excluding hydrogens is 314 g/mol. The van der Waals surface area contributed by atoms with Crippen LogP contribution in [0.15, 0.2) is 60.0 Å². The minimum Gasteiger partial charge on any atom is -0.404 e. The number of nitrogens with two attached hydrogens (primary N) is 2. The van der Waals surface area contributed by atoms with Crippen molar-refractivity contribution in [1.29, 1.82) is 0 Å². The molecule has 5 N–H and O–H groups in total. The van der Waals surface area contributed by atoms with Gasteiger partial charge < -0.3 is 16.8 Å². The summed E-state index contributed by atoms with van der Waals surface area (Å²) in [5.41, 5.74) is 15.3. The molecule has 0 radical (unpaired) electrons. The van der Waals surface area contributed by atoms with Gasteiger partial charge in [0, 0.05) is 61.3 Å². The summed E-state index contributed by atoms with van der Waals surface area (Å²) in [6.45, 7) is 0.468. The fourth-order valence-corrected chi connectivity index (χ4v) is 2.22. The lowest BCUT2D eigenvalue weighted by molar-refractivity contribution is -0.111. The summed E-state index contributed by atoms with van der Waals surface area (Å²) in [5.74, 6) is -0.238. The van der Waals surface area contributed by atoms with Crippen molar-refractivity contribution < 1.29 is 4.79 Å². The van der Waals surface area contributed by atoms with Crippen LogP contribution in [-0.4, -0.2) is 24.2 Å². The zero-order chi connectivity index (χ0) is 18.1. The molecular formula is C19H21N5O. The predicted octanol–water partition coefficient (Wildman–Crippen LogP) is 2.19. The number of carbonyl (C=O) groups is 1. The fraction of sp³-hybridized carbons (Fsp3) is 0.105. The molecule has 2 aromatic rings. The zero-order valence-corrected chi connectivity index (χ0v) is 14.0. The molecule has 6 nitrogen and oxygen atoms in total. The van der Waals surface area contributed by atoms with E-state index in [1.807, 2.05) is 30.3 Å². The summed E-state index contributed by atoms with van der Waals surface area (Å²) >= 11 is 0. The first-order valence-corrected chi connectivity index (χ1v) is 7.74. The number of carbonyl (C=O) groups excluding carboxylic acids is 1.